The molecule has 0 aliphatic heterocycles. The number of para-hydroxylation sites is 1. The van der Waals surface area contributed by atoms with E-state index >= 15 is 0 Å². The van der Waals surface area contributed by atoms with Gasteiger partial charge in [0.2, 0.25) is 5.91 Å². The average molecular weight is 463 g/mol. The monoisotopic (exact) mass is 462 g/mol. The maximum atomic E-state index is 12.0. The van der Waals surface area contributed by atoms with Gasteiger partial charge in [0.15, 0.2) is 11.5 Å². The molecule has 2 rings (SSSR count). The second-order valence-electron chi connectivity index (χ2n) is 6.18. The molecule has 0 radical (unpaired) electrons. The molecule has 0 heterocycles. The van der Waals surface area contributed by atoms with Crippen LogP contribution in [0.2, 0.25) is 0 Å². The second kappa shape index (κ2) is 12.1. The molecule has 0 unspecified atom stereocenters. The highest BCUT2D eigenvalue weighted by molar-refractivity contribution is 9.10. The molecule has 2 aromatic rings. The molecule has 0 bridgehead atoms. The summed E-state index contributed by atoms with van der Waals surface area (Å²) in [6.07, 6.45) is 3.43. The Morgan fingerprint density at radius 3 is 2.69 bits per heavy atom. The summed E-state index contributed by atoms with van der Waals surface area (Å²) < 4.78 is 17.6. The average Bonchev–Trinajstić information content (AvgIpc) is 2.73. The predicted octanol–water partition coefficient (Wildman–Crippen LogP) is 4.73. The van der Waals surface area contributed by atoms with E-state index in [4.69, 9.17) is 14.2 Å². The smallest absolute Gasteiger partial charge is 0.240 e. The lowest BCUT2D eigenvalue weighted by Crippen LogP contribution is -2.18. The van der Waals surface area contributed by atoms with Gasteiger partial charge in [0.05, 0.1) is 31.0 Å². The third kappa shape index (κ3) is 7.09. The maximum Gasteiger partial charge on any atom is 0.240 e. The first-order valence-corrected chi connectivity index (χ1v) is 10.4. The van der Waals surface area contributed by atoms with Crippen LogP contribution < -0.4 is 19.6 Å². The Balaban J connectivity index is 1.79. The number of rotatable bonds is 11. The summed E-state index contributed by atoms with van der Waals surface area (Å²) in [7, 11) is 1.58. The van der Waals surface area contributed by atoms with E-state index in [1.807, 2.05) is 43.3 Å². The molecule has 0 saturated carbocycles. The predicted molar refractivity (Wildman–Crippen MR) is 118 cm³/mol. The van der Waals surface area contributed by atoms with Crippen LogP contribution in [0.25, 0.3) is 0 Å². The molecule has 0 atom stereocenters. The summed E-state index contributed by atoms with van der Waals surface area (Å²) in [4.78, 5) is 12.0. The number of halogens is 1. The van der Waals surface area contributed by atoms with Crippen LogP contribution in [-0.4, -0.2) is 32.4 Å². The van der Waals surface area contributed by atoms with Gasteiger partial charge in [-0.25, -0.2) is 5.43 Å². The minimum atomic E-state index is -0.175. The molecular weight excluding hydrogens is 436 g/mol. The van der Waals surface area contributed by atoms with Crippen LogP contribution in [0.1, 0.15) is 37.8 Å². The van der Waals surface area contributed by atoms with Crippen molar-refractivity contribution in [1.82, 2.24) is 5.43 Å². The Hall–Kier alpha value is -2.54. The van der Waals surface area contributed by atoms with Gasteiger partial charge in [-0.2, -0.15) is 5.10 Å². The van der Waals surface area contributed by atoms with Crippen molar-refractivity contribution in [3.8, 4) is 17.2 Å². The lowest BCUT2D eigenvalue weighted by Gasteiger charge is -2.11. The second-order valence-corrected chi connectivity index (χ2v) is 7.03. The maximum absolute atomic E-state index is 12.0. The minimum absolute atomic E-state index is 0.175. The van der Waals surface area contributed by atoms with Gasteiger partial charge in [0.1, 0.15) is 5.75 Å². The standard InChI is InChI=1S/C22H27BrN2O4/c1-4-16-11-12-19(18(23)14-16)29-13-7-10-21(26)25-24-15-17-8-6-9-20(27-3)22(17)28-5-2/h6,8-9,11-12,14-15H,4-5,7,10,13H2,1-3H3,(H,25,26)/b24-15+. The summed E-state index contributed by atoms with van der Waals surface area (Å²) in [5, 5.41) is 4.02. The van der Waals surface area contributed by atoms with Crippen molar-refractivity contribution in [3.05, 3.63) is 52.0 Å². The van der Waals surface area contributed by atoms with Crippen LogP contribution in [-0.2, 0) is 11.2 Å². The summed E-state index contributed by atoms with van der Waals surface area (Å²) >= 11 is 3.51. The number of benzene rings is 2. The van der Waals surface area contributed by atoms with Gasteiger partial charge in [0, 0.05) is 12.0 Å². The topological polar surface area (TPSA) is 69.2 Å². The van der Waals surface area contributed by atoms with Crippen LogP contribution in [0.5, 0.6) is 17.2 Å². The van der Waals surface area contributed by atoms with Gasteiger partial charge >= 0.3 is 0 Å². The molecule has 0 saturated heterocycles. The number of carbonyl (C=O) groups is 1. The van der Waals surface area contributed by atoms with E-state index in [-0.39, 0.29) is 5.91 Å². The number of amides is 1. The highest BCUT2D eigenvalue weighted by atomic mass is 79.9. The number of carbonyl (C=O) groups excluding carboxylic acids is 1. The van der Waals surface area contributed by atoms with E-state index in [9.17, 15) is 4.79 Å². The lowest BCUT2D eigenvalue weighted by molar-refractivity contribution is -0.121. The number of nitrogens with one attached hydrogen (secondary N) is 1. The Bertz CT molecular complexity index is 840. The highest BCUT2D eigenvalue weighted by Crippen LogP contribution is 2.30. The first-order chi connectivity index (χ1) is 14.1. The van der Waals surface area contributed by atoms with Crippen LogP contribution in [0.3, 0.4) is 0 Å². The number of nitrogens with zero attached hydrogens (tertiary/aromatic N) is 1. The normalized spacial score (nSPS) is 10.8. The first kappa shape index (κ1) is 22.7. The fraction of sp³-hybridized carbons (Fsp3) is 0.364. The van der Waals surface area contributed by atoms with Crippen molar-refractivity contribution in [1.29, 1.82) is 0 Å². The Labute approximate surface area is 180 Å². The number of methoxy groups -OCH3 is 1. The van der Waals surface area contributed by atoms with Crippen LogP contribution in [0.15, 0.2) is 46.0 Å². The fourth-order valence-corrected chi connectivity index (χ4v) is 3.16. The summed E-state index contributed by atoms with van der Waals surface area (Å²) in [5.74, 6) is 1.83. The highest BCUT2D eigenvalue weighted by Gasteiger charge is 2.09. The summed E-state index contributed by atoms with van der Waals surface area (Å²) in [5.41, 5.74) is 4.50. The molecule has 2 aromatic carbocycles. The number of hydrogen-bond acceptors (Lipinski definition) is 5. The van der Waals surface area contributed by atoms with Gasteiger partial charge < -0.3 is 14.2 Å². The van der Waals surface area contributed by atoms with Crippen LogP contribution in [0, 0.1) is 0 Å². The van der Waals surface area contributed by atoms with Crippen molar-refractivity contribution < 1.29 is 19.0 Å². The quantitative estimate of drug-likeness (QED) is 0.297. The van der Waals surface area contributed by atoms with E-state index in [2.05, 4.69) is 33.4 Å². The molecule has 1 amide bonds. The molecule has 0 aromatic heterocycles. The Kier molecular flexibility index (Phi) is 9.50. The molecule has 156 valence electrons. The van der Waals surface area contributed by atoms with Crippen molar-refractivity contribution in [2.45, 2.75) is 33.1 Å². The number of hydrazone groups is 1. The van der Waals surface area contributed by atoms with Gasteiger partial charge in [0.25, 0.3) is 0 Å². The molecule has 0 fully saturated rings. The van der Waals surface area contributed by atoms with Crippen LogP contribution in [0.4, 0.5) is 0 Å². The van der Waals surface area contributed by atoms with Gasteiger partial charge in [-0.3, -0.25) is 4.79 Å². The third-order valence-corrected chi connectivity index (χ3v) is 4.74. The van der Waals surface area contributed by atoms with E-state index in [1.54, 1.807) is 13.3 Å². The zero-order valence-electron chi connectivity index (χ0n) is 17.0. The minimum Gasteiger partial charge on any atom is -0.493 e. The van der Waals surface area contributed by atoms with Crippen molar-refractivity contribution in [3.63, 3.8) is 0 Å². The van der Waals surface area contributed by atoms with Gasteiger partial charge in [-0.15, -0.1) is 0 Å². The largest absolute Gasteiger partial charge is 0.493 e. The number of ether oxygens (including phenoxy) is 3. The first-order valence-electron chi connectivity index (χ1n) is 9.61. The zero-order chi connectivity index (χ0) is 21.1. The van der Waals surface area contributed by atoms with E-state index in [1.165, 1.54) is 5.56 Å². The number of aryl methyl sites for hydroxylation is 1. The molecule has 0 aliphatic carbocycles. The molecule has 0 spiro atoms. The Morgan fingerprint density at radius 1 is 1.17 bits per heavy atom. The molecule has 6 nitrogen and oxygen atoms in total. The van der Waals surface area contributed by atoms with E-state index < -0.39 is 0 Å². The van der Waals surface area contributed by atoms with Crippen LogP contribution >= 0.6 is 15.9 Å². The van der Waals surface area contributed by atoms with Crippen molar-refractivity contribution in [2.75, 3.05) is 20.3 Å². The lowest BCUT2D eigenvalue weighted by atomic mass is 10.2. The van der Waals surface area contributed by atoms with Crippen molar-refractivity contribution >= 4 is 28.1 Å². The molecule has 29 heavy (non-hydrogen) atoms. The third-order valence-electron chi connectivity index (χ3n) is 4.12. The van der Waals surface area contributed by atoms with E-state index in [0.717, 1.165) is 22.2 Å². The van der Waals surface area contributed by atoms with Gasteiger partial charge in [-0.1, -0.05) is 19.1 Å². The SMILES string of the molecule is CCOc1c(/C=N/NC(=O)CCCOc2ccc(CC)cc2Br)cccc1OC. The summed E-state index contributed by atoms with van der Waals surface area (Å²) in [6, 6.07) is 11.5. The molecule has 7 heteroatoms. The van der Waals surface area contributed by atoms with Crippen molar-refractivity contribution in [2.24, 2.45) is 5.10 Å². The summed E-state index contributed by atoms with van der Waals surface area (Å²) in [6.45, 7) is 4.96. The molecular formula is C22H27BrN2O4. The molecule has 1 N–H and O–H groups in total. The van der Waals surface area contributed by atoms with E-state index in [0.29, 0.717) is 37.6 Å². The van der Waals surface area contributed by atoms with Gasteiger partial charge in [-0.05, 0) is 65.5 Å². The molecule has 0 aliphatic rings. The number of hydrogen-bond donors (Lipinski definition) is 1. The Morgan fingerprint density at radius 2 is 2.00 bits per heavy atom. The fourth-order valence-electron chi connectivity index (χ4n) is 2.62. The zero-order valence-corrected chi connectivity index (χ0v) is 18.6.